The molecule has 0 nitrogen and oxygen atoms in total. The minimum atomic E-state index is 0.482. The molecule has 1 rings (SSSR count). The van der Waals surface area contributed by atoms with Gasteiger partial charge in [-0.15, -0.1) is 18.9 Å². The van der Waals surface area contributed by atoms with Crippen molar-refractivity contribution < 1.29 is 0 Å². The van der Waals surface area contributed by atoms with Crippen molar-refractivity contribution in [1.29, 1.82) is 0 Å². The summed E-state index contributed by atoms with van der Waals surface area (Å²) in [5, 5.41) is 0. The number of rotatable bonds is 3. The van der Waals surface area contributed by atoms with Gasteiger partial charge in [0.2, 0.25) is 0 Å². The number of allylic oxidation sites excluding steroid dienone is 5. The molecule has 0 N–H and O–H groups in total. The third kappa shape index (κ3) is 2.34. The molecular formula is C13H16. The topological polar surface area (TPSA) is 0 Å². The van der Waals surface area contributed by atoms with Gasteiger partial charge in [-0.05, 0) is 30.3 Å². The highest BCUT2D eigenvalue weighted by atomic mass is 14.2. The van der Waals surface area contributed by atoms with Gasteiger partial charge in [-0.1, -0.05) is 30.9 Å². The molecule has 1 aliphatic rings. The van der Waals surface area contributed by atoms with Crippen molar-refractivity contribution in [3.05, 3.63) is 55.3 Å². The summed E-state index contributed by atoms with van der Waals surface area (Å²) >= 11 is 0. The van der Waals surface area contributed by atoms with E-state index >= 15 is 0 Å². The van der Waals surface area contributed by atoms with Gasteiger partial charge in [0.05, 0.1) is 0 Å². The highest BCUT2D eigenvalue weighted by Crippen LogP contribution is 2.30. The van der Waals surface area contributed by atoms with Crippen molar-refractivity contribution >= 4 is 0 Å². The summed E-state index contributed by atoms with van der Waals surface area (Å²) in [7, 11) is 0. The Balaban J connectivity index is 2.81. The molecule has 0 aromatic carbocycles. The lowest BCUT2D eigenvalue weighted by Gasteiger charge is -2.24. The molecule has 0 radical (unpaired) electrons. The highest BCUT2D eigenvalue weighted by Gasteiger charge is 2.19. The van der Waals surface area contributed by atoms with Gasteiger partial charge in [0.1, 0.15) is 0 Å². The van der Waals surface area contributed by atoms with Gasteiger partial charge in [-0.2, -0.15) is 0 Å². The first-order valence-electron chi connectivity index (χ1n) is 4.62. The van der Waals surface area contributed by atoms with Crippen LogP contribution in [0.25, 0.3) is 0 Å². The fraction of sp³-hybridized carbons (Fsp3) is 0.308. The van der Waals surface area contributed by atoms with E-state index < -0.39 is 0 Å². The maximum atomic E-state index is 3.84. The van der Waals surface area contributed by atoms with Crippen LogP contribution < -0.4 is 0 Å². The second-order valence-corrected chi connectivity index (χ2v) is 3.36. The van der Waals surface area contributed by atoms with E-state index in [1.807, 2.05) is 12.2 Å². The molecule has 2 atom stereocenters. The third-order valence-corrected chi connectivity index (χ3v) is 2.51. The second kappa shape index (κ2) is 4.69. The minimum Gasteiger partial charge on any atom is -0.125 e. The van der Waals surface area contributed by atoms with Gasteiger partial charge in [0.15, 0.2) is 0 Å². The molecule has 0 saturated heterocycles. The fourth-order valence-corrected chi connectivity index (χ4v) is 1.73. The van der Waals surface area contributed by atoms with Crippen molar-refractivity contribution in [3.63, 3.8) is 0 Å². The van der Waals surface area contributed by atoms with Gasteiger partial charge >= 0.3 is 0 Å². The molecule has 2 unspecified atom stereocenters. The van der Waals surface area contributed by atoms with Crippen LogP contribution in [0.4, 0.5) is 0 Å². The van der Waals surface area contributed by atoms with Gasteiger partial charge in [-0.25, -0.2) is 0 Å². The lowest BCUT2D eigenvalue weighted by molar-refractivity contribution is 0.448. The molecule has 0 amide bonds. The quantitative estimate of drug-likeness (QED) is 0.450. The summed E-state index contributed by atoms with van der Waals surface area (Å²) in [6.07, 6.45) is 10.3. The predicted molar refractivity (Wildman–Crippen MR) is 58.4 cm³/mol. The Morgan fingerprint density at radius 3 is 2.85 bits per heavy atom. The molecule has 0 fully saturated rings. The van der Waals surface area contributed by atoms with Crippen LogP contribution in [-0.2, 0) is 0 Å². The molecule has 13 heavy (non-hydrogen) atoms. The van der Waals surface area contributed by atoms with Crippen LogP contribution in [-0.4, -0.2) is 0 Å². The monoisotopic (exact) mass is 172 g/mol. The van der Waals surface area contributed by atoms with Crippen molar-refractivity contribution in [2.75, 3.05) is 0 Å². The van der Waals surface area contributed by atoms with E-state index in [0.29, 0.717) is 11.8 Å². The van der Waals surface area contributed by atoms with Gasteiger partial charge in [-0.3, -0.25) is 0 Å². The summed E-state index contributed by atoms with van der Waals surface area (Å²) in [4.78, 5) is 0. The first-order valence-corrected chi connectivity index (χ1v) is 4.62. The zero-order valence-corrected chi connectivity index (χ0v) is 8.00. The summed E-state index contributed by atoms with van der Waals surface area (Å²) < 4.78 is 0. The number of hydrogen-bond acceptors (Lipinski definition) is 0. The molecule has 0 saturated carbocycles. The van der Waals surface area contributed by atoms with Crippen molar-refractivity contribution in [3.8, 4) is 0 Å². The molecule has 0 aromatic heterocycles. The Labute approximate surface area is 80.7 Å². The maximum Gasteiger partial charge on any atom is -0.00181 e. The van der Waals surface area contributed by atoms with E-state index in [1.165, 1.54) is 5.57 Å². The van der Waals surface area contributed by atoms with Crippen LogP contribution in [0.15, 0.2) is 55.3 Å². The zero-order valence-electron chi connectivity index (χ0n) is 8.00. The highest BCUT2D eigenvalue weighted by molar-refractivity contribution is 5.25. The normalized spacial score (nSPS) is 26.6. The summed E-state index contributed by atoms with van der Waals surface area (Å²) in [5.41, 5.74) is 4.15. The van der Waals surface area contributed by atoms with Crippen molar-refractivity contribution in [2.45, 2.75) is 12.8 Å². The Bertz CT molecular complexity index is 274. The van der Waals surface area contributed by atoms with E-state index in [4.69, 9.17) is 0 Å². The molecule has 68 valence electrons. The van der Waals surface area contributed by atoms with Gasteiger partial charge < -0.3 is 0 Å². The largest absolute Gasteiger partial charge is 0.125 e. The molecule has 1 aliphatic carbocycles. The van der Waals surface area contributed by atoms with E-state index in [2.05, 4.69) is 37.6 Å². The Kier molecular flexibility index (Phi) is 3.54. The fourth-order valence-electron chi connectivity index (χ4n) is 1.73. The molecule has 0 bridgehead atoms. The van der Waals surface area contributed by atoms with Crippen LogP contribution in [0.2, 0.25) is 0 Å². The average Bonchev–Trinajstić information content (AvgIpc) is 2.18. The predicted octanol–water partition coefficient (Wildman–Crippen LogP) is 3.65. The van der Waals surface area contributed by atoms with Gasteiger partial charge in [0.25, 0.3) is 0 Å². The average molecular weight is 172 g/mol. The summed E-state index contributed by atoms with van der Waals surface area (Å²) in [6.45, 7) is 11.3. The Morgan fingerprint density at radius 1 is 1.54 bits per heavy atom. The first kappa shape index (κ1) is 9.83. The van der Waals surface area contributed by atoms with Crippen molar-refractivity contribution in [2.24, 2.45) is 11.8 Å². The van der Waals surface area contributed by atoms with Crippen LogP contribution >= 0.6 is 0 Å². The molecule has 0 heterocycles. The lowest BCUT2D eigenvalue weighted by Crippen LogP contribution is -2.14. The van der Waals surface area contributed by atoms with E-state index in [0.717, 1.165) is 12.8 Å². The van der Waals surface area contributed by atoms with Crippen LogP contribution in [0.1, 0.15) is 12.8 Å². The first-order chi connectivity index (χ1) is 6.31. The summed E-state index contributed by atoms with van der Waals surface area (Å²) in [6, 6.07) is 0. The van der Waals surface area contributed by atoms with Crippen LogP contribution in [0.3, 0.4) is 0 Å². The lowest BCUT2D eigenvalue weighted by atomic mass is 9.80. The molecule has 0 spiro atoms. The van der Waals surface area contributed by atoms with E-state index in [1.54, 1.807) is 0 Å². The molecular weight excluding hydrogens is 156 g/mol. The van der Waals surface area contributed by atoms with Gasteiger partial charge in [0, 0.05) is 0 Å². The zero-order chi connectivity index (χ0) is 9.68. The SMILES string of the molecule is C=C=C1C=CC(C=C)C(CC=C)C1. The van der Waals surface area contributed by atoms with Crippen molar-refractivity contribution in [1.82, 2.24) is 0 Å². The maximum absolute atomic E-state index is 3.84. The van der Waals surface area contributed by atoms with E-state index in [-0.39, 0.29) is 0 Å². The Morgan fingerprint density at radius 2 is 2.31 bits per heavy atom. The smallest absolute Gasteiger partial charge is 0.00181 e. The molecule has 0 aromatic rings. The third-order valence-electron chi connectivity index (χ3n) is 2.51. The van der Waals surface area contributed by atoms with Crippen LogP contribution in [0.5, 0.6) is 0 Å². The standard InChI is InChI=1S/C13H16/c1-4-7-13-10-11(5-2)8-9-12(13)6-3/h4,6,8-9,12-13H,1-3,7,10H2. The minimum absolute atomic E-state index is 0.482. The molecule has 0 aliphatic heterocycles. The Hall–Kier alpha value is -1.26. The summed E-state index contributed by atoms with van der Waals surface area (Å²) in [5.74, 6) is 1.08. The second-order valence-electron chi connectivity index (χ2n) is 3.36. The van der Waals surface area contributed by atoms with E-state index in [9.17, 15) is 0 Å². The number of hydrogen-bond donors (Lipinski definition) is 0. The van der Waals surface area contributed by atoms with Crippen LogP contribution in [0, 0.1) is 11.8 Å². The molecule has 0 heteroatoms.